The Balaban J connectivity index is 1.79. The normalized spacial score (nSPS) is 11.1. The van der Waals surface area contributed by atoms with E-state index in [1.165, 1.54) is 0 Å². The number of rotatable bonds is 4. The van der Waals surface area contributed by atoms with Gasteiger partial charge in [-0.1, -0.05) is 23.7 Å². The lowest BCUT2D eigenvalue weighted by atomic mass is 10.2. The van der Waals surface area contributed by atoms with Crippen molar-refractivity contribution in [3.8, 4) is 0 Å². The molecule has 136 valence electrons. The van der Waals surface area contributed by atoms with Gasteiger partial charge in [0.2, 0.25) is 5.96 Å². The lowest BCUT2D eigenvalue weighted by Crippen LogP contribution is -2.36. The first-order chi connectivity index (χ1) is 13.1. The molecule has 0 saturated heterocycles. The molecule has 0 unspecified atom stereocenters. The smallest absolute Gasteiger partial charge is 0.257 e. The van der Waals surface area contributed by atoms with Crippen LogP contribution in [0, 0.1) is 6.92 Å². The first-order valence-corrected chi connectivity index (χ1v) is 8.82. The average Bonchev–Trinajstić information content (AvgIpc) is 2.67. The van der Waals surface area contributed by atoms with Crippen LogP contribution in [0.25, 0.3) is 0 Å². The molecule has 0 aliphatic rings. The number of aliphatic imine (C=N–C) groups is 1. The van der Waals surface area contributed by atoms with Crippen molar-refractivity contribution < 1.29 is 4.79 Å². The molecule has 27 heavy (non-hydrogen) atoms. The number of benzene rings is 2. The number of anilines is 1. The molecular formula is C21H19ClN4O. The summed E-state index contributed by atoms with van der Waals surface area (Å²) >= 11 is 5.89. The summed E-state index contributed by atoms with van der Waals surface area (Å²) in [5.41, 5.74) is 3.45. The molecule has 3 aromatic rings. The molecule has 2 aromatic carbocycles. The van der Waals surface area contributed by atoms with Gasteiger partial charge in [0, 0.05) is 28.7 Å². The van der Waals surface area contributed by atoms with Crippen molar-refractivity contribution in [2.45, 2.75) is 13.5 Å². The van der Waals surface area contributed by atoms with Crippen LogP contribution in [0.3, 0.4) is 0 Å². The van der Waals surface area contributed by atoms with E-state index in [1.54, 1.807) is 36.7 Å². The van der Waals surface area contributed by atoms with Crippen LogP contribution in [0.1, 0.15) is 21.5 Å². The second kappa shape index (κ2) is 8.96. The Bertz CT molecular complexity index is 940. The number of guanidine groups is 1. The number of hydrogen-bond acceptors (Lipinski definition) is 3. The van der Waals surface area contributed by atoms with Crippen LogP contribution in [0.15, 0.2) is 78.0 Å². The maximum Gasteiger partial charge on any atom is 0.257 e. The molecule has 0 atom stereocenters. The minimum atomic E-state index is -0.264. The molecule has 0 radical (unpaired) electrons. The number of nitrogens with zero attached hydrogens (tertiary/aromatic N) is 2. The molecule has 1 heterocycles. The van der Waals surface area contributed by atoms with E-state index in [9.17, 15) is 4.79 Å². The molecule has 5 nitrogen and oxygen atoms in total. The predicted molar refractivity (Wildman–Crippen MR) is 109 cm³/mol. The van der Waals surface area contributed by atoms with Crippen molar-refractivity contribution in [3.05, 3.63) is 94.8 Å². The van der Waals surface area contributed by atoms with Crippen molar-refractivity contribution in [1.82, 2.24) is 10.3 Å². The van der Waals surface area contributed by atoms with Crippen LogP contribution in [-0.4, -0.2) is 16.9 Å². The van der Waals surface area contributed by atoms with E-state index in [0.29, 0.717) is 23.1 Å². The average molecular weight is 379 g/mol. The highest BCUT2D eigenvalue weighted by atomic mass is 35.5. The molecule has 0 spiro atoms. The van der Waals surface area contributed by atoms with Gasteiger partial charge in [-0.3, -0.25) is 15.1 Å². The molecule has 0 bridgehead atoms. The van der Waals surface area contributed by atoms with E-state index >= 15 is 0 Å². The highest BCUT2D eigenvalue weighted by Gasteiger charge is 2.09. The predicted octanol–water partition coefficient (Wildman–Crippen LogP) is 4.44. The minimum absolute atomic E-state index is 0.264. The van der Waals surface area contributed by atoms with Gasteiger partial charge in [-0.05, 0) is 66.6 Å². The van der Waals surface area contributed by atoms with Crippen molar-refractivity contribution in [2.75, 3.05) is 5.32 Å². The number of carbonyl (C=O) groups excluding carboxylic acids is 1. The van der Waals surface area contributed by atoms with Gasteiger partial charge in [-0.15, -0.1) is 0 Å². The van der Waals surface area contributed by atoms with E-state index in [0.717, 1.165) is 16.8 Å². The number of aromatic nitrogens is 1. The summed E-state index contributed by atoms with van der Waals surface area (Å²) in [7, 11) is 0. The molecule has 0 saturated carbocycles. The fourth-order valence-corrected chi connectivity index (χ4v) is 2.54. The molecule has 0 aliphatic carbocycles. The Kier molecular flexibility index (Phi) is 6.18. The van der Waals surface area contributed by atoms with E-state index in [2.05, 4.69) is 20.6 Å². The number of hydrogen-bond donors (Lipinski definition) is 2. The summed E-state index contributed by atoms with van der Waals surface area (Å²) in [4.78, 5) is 21.1. The topological polar surface area (TPSA) is 66.4 Å². The zero-order valence-electron chi connectivity index (χ0n) is 14.8. The summed E-state index contributed by atoms with van der Waals surface area (Å²) in [5, 5.41) is 6.59. The second-order valence-electron chi connectivity index (χ2n) is 5.98. The third-order valence-electron chi connectivity index (χ3n) is 3.79. The number of aryl methyl sites for hydroxylation is 1. The fourth-order valence-electron chi connectivity index (χ4n) is 2.41. The fraction of sp³-hybridized carbons (Fsp3) is 0.0952. The number of amides is 1. The minimum Gasteiger partial charge on any atom is -0.326 e. The number of nitrogens with one attached hydrogen (secondary N) is 2. The SMILES string of the molecule is Cc1cccc(NC(=NCc2ccncc2)NC(=O)c2ccc(Cl)cc2)c1. The third kappa shape index (κ3) is 5.66. The zero-order valence-corrected chi connectivity index (χ0v) is 15.6. The van der Waals surface area contributed by atoms with Crippen molar-refractivity contribution in [1.29, 1.82) is 0 Å². The van der Waals surface area contributed by atoms with Crippen molar-refractivity contribution in [3.63, 3.8) is 0 Å². The first kappa shape index (κ1) is 18.6. The van der Waals surface area contributed by atoms with Gasteiger partial charge in [0.1, 0.15) is 0 Å². The van der Waals surface area contributed by atoms with E-state index in [-0.39, 0.29) is 5.91 Å². The molecule has 0 fully saturated rings. The van der Waals surface area contributed by atoms with Gasteiger partial charge < -0.3 is 5.32 Å². The molecule has 0 aliphatic heterocycles. The van der Waals surface area contributed by atoms with Gasteiger partial charge in [-0.2, -0.15) is 0 Å². The van der Waals surface area contributed by atoms with E-state index in [4.69, 9.17) is 11.6 Å². The van der Waals surface area contributed by atoms with Crippen LogP contribution in [0.5, 0.6) is 0 Å². The largest absolute Gasteiger partial charge is 0.326 e. The number of pyridine rings is 1. The molecule has 1 aromatic heterocycles. The van der Waals surface area contributed by atoms with Gasteiger partial charge >= 0.3 is 0 Å². The Morgan fingerprint density at radius 2 is 1.81 bits per heavy atom. The monoisotopic (exact) mass is 378 g/mol. The molecular weight excluding hydrogens is 360 g/mol. The summed E-state index contributed by atoms with van der Waals surface area (Å²) < 4.78 is 0. The maximum atomic E-state index is 12.5. The quantitative estimate of drug-likeness (QED) is 0.521. The van der Waals surface area contributed by atoms with Gasteiger partial charge in [0.05, 0.1) is 6.54 Å². The van der Waals surface area contributed by atoms with Gasteiger partial charge in [0.25, 0.3) is 5.91 Å². The summed E-state index contributed by atoms with van der Waals surface area (Å²) in [6.45, 7) is 2.42. The standard InChI is InChI=1S/C21H19ClN4O/c1-15-3-2-4-19(13-15)25-21(24-14-16-9-11-23-12-10-16)26-20(27)17-5-7-18(22)8-6-17/h2-13H,14H2,1H3,(H2,24,25,26,27). The summed E-state index contributed by atoms with van der Waals surface area (Å²) in [6.07, 6.45) is 3.43. The second-order valence-corrected chi connectivity index (χ2v) is 6.41. The number of carbonyl (C=O) groups is 1. The Morgan fingerprint density at radius 3 is 2.52 bits per heavy atom. The highest BCUT2D eigenvalue weighted by Crippen LogP contribution is 2.11. The van der Waals surface area contributed by atoms with E-state index in [1.807, 2.05) is 43.3 Å². The Morgan fingerprint density at radius 1 is 1.07 bits per heavy atom. The number of halogens is 1. The Labute approximate surface area is 163 Å². The lowest BCUT2D eigenvalue weighted by molar-refractivity contribution is 0.0977. The van der Waals surface area contributed by atoms with Crippen LogP contribution < -0.4 is 10.6 Å². The van der Waals surface area contributed by atoms with Crippen LogP contribution in [0.2, 0.25) is 5.02 Å². The van der Waals surface area contributed by atoms with Gasteiger partial charge in [-0.25, -0.2) is 4.99 Å². The van der Waals surface area contributed by atoms with Crippen LogP contribution >= 0.6 is 11.6 Å². The lowest BCUT2D eigenvalue weighted by Gasteiger charge is -2.12. The van der Waals surface area contributed by atoms with Crippen LogP contribution in [0.4, 0.5) is 5.69 Å². The molecule has 2 N–H and O–H groups in total. The van der Waals surface area contributed by atoms with Crippen molar-refractivity contribution >= 4 is 29.2 Å². The highest BCUT2D eigenvalue weighted by molar-refractivity contribution is 6.30. The first-order valence-electron chi connectivity index (χ1n) is 8.44. The van der Waals surface area contributed by atoms with Crippen molar-refractivity contribution in [2.24, 2.45) is 4.99 Å². The maximum absolute atomic E-state index is 12.5. The van der Waals surface area contributed by atoms with Crippen LogP contribution in [-0.2, 0) is 6.54 Å². The summed E-state index contributed by atoms with van der Waals surface area (Å²) in [5.74, 6) is 0.109. The molecule has 6 heteroatoms. The molecule has 1 amide bonds. The Hall–Kier alpha value is -3.18. The third-order valence-corrected chi connectivity index (χ3v) is 4.04. The van der Waals surface area contributed by atoms with E-state index < -0.39 is 0 Å². The summed E-state index contributed by atoms with van der Waals surface area (Å²) in [6, 6.07) is 18.3. The van der Waals surface area contributed by atoms with Gasteiger partial charge in [0.15, 0.2) is 0 Å². The zero-order chi connectivity index (χ0) is 19.1. The molecule has 3 rings (SSSR count).